The number of hydrogen-bond acceptors (Lipinski definition) is 5. The molecule has 0 saturated carbocycles. The molecule has 6 nitrogen and oxygen atoms in total. The molecule has 0 aliphatic carbocycles. The second-order valence-corrected chi connectivity index (χ2v) is 6.26. The van der Waals surface area contributed by atoms with Crippen LogP contribution in [0.1, 0.15) is 30.6 Å². The Kier molecular flexibility index (Phi) is 5.82. The van der Waals surface area contributed by atoms with E-state index in [0.717, 1.165) is 63.0 Å². The van der Waals surface area contributed by atoms with Crippen molar-refractivity contribution in [1.29, 1.82) is 0 Å². The maximum absolute atomic E-state index is 5.41. The number of nitrogens with zero attached hydrogens (tertiary/aromatic N) is 3. The summed E-state index contributed by atoms with van der Waals surface area (Å²) >= 11 is 0. The lowest BCUT2D eigenvalue weighted by Crippen LogP contribution is -2.42. The molecule has 1 atom stereocenters. The summed E-state index contributed by atoms with van der Waals surface area (Å²) in [4.78, 5) is 7.10. The van der Waals surface area contributed by atoms with Crippen molar-refractivity contribution in [2.75, 3.05) is 33.4 Å². The lowest BCUT2D eigenvalue weighted by Gasteiger charge is -2.32. The number of aromatic nitrogens is 3. The Labute approximate surface area is 143 Å². The molecule has 1 aliphatic rings. The van der Waals surface area contributed by atoms with Gasteiger partial charge < -0.3 is 9.47 Å². The molecule has 130 valence electrons. The van der Waals surface area contributed by atoms with Crippen LogP contribution in [0.25, 0.3) is 0 Å². The Hall–Kier alpha value is -1.92. The second kappa shape index (κ2) is 8.26. The van der Waals surface area contributed by atoms with E-state index < -0.39 is 0 Å². The van der Waals surface area contributed by atoms with Crippen molar-refractivity contribution in [3.63, 3.8) is 0 Å². The summed E-state index contributed by atoms with van der Waals surface area (Å²) in [6, 6.07) is 8.59. The van der Waals surface area contributed by atoms with Crippen LogP contribution in [0.3, 0.4) is 0 Å². The molecule has 0 bridgehead atoms. The van der Waals surface area contributed by atoms with E-state index in [-0.39, 0.29) is 0 Å². The molecular weight excluding hydrogens is 304 g/mol. The van der Waals surface area contributed by atoms with Crippen molar-refractivity contribution >= 4 is 0 Å². The Bertz CT molecular complexity index is 620. The van der Waals surface area contributed by atoms with Gasteiger partial charge in [0.15, 0.2) is 5.82 Å². The molecule has 2 aromatic rings. The van der Waals surface area contributed by atoms with Gasteiger partial charge in [-0.25, -0.2) is 4.98 Å². The molecule has 1 saturated heterocycles. The zero-order valence-corrected chi connectivity index (χ0v) is 14.5. The van der Waals surface area contributed by atoms with Gasteiger partial charge in [-0.15, -0.1) is 0 Å². The van der Waals surface area contributed by atoms with Crippen molar-refractivity contribution in [1.82, 2.24) is 20.1 Å². The van der Waals surface area contributed by atoms with Crippen LogP contribution in [0.4, 0.5) is 0 Å². The van der Waals surface area contributed by atoms with E-state index in [1.165, 1.54) is 5.56 Å². The van der Waals surface area contributed by atoms with E-state index in [1.54, 1.807) is 7.11 Å². The molecule has 6 heteroatoms. The second-order valence-electron chi connectivity index (χ2n) is 6.26. The van der Waals surface area contributed by atoms with Crippen molar-refractivity contribution in [3.8, 4) is 5.75 Å². The van der Waals surface area contributed by atoms with Gasteiger partial charge in [0.05, 0.1) is 20.3 Å². The minimum atomic E-state index is 0.539. The van der Waals surface area contributed by atoms with Crippen molar-refractivity contribution in [2.24, 2.45) is 0 Å². The van der Waals surface area contributed by atoms with E-state index in [2.05, 4.69) is 39.1 Å². The number of rotatable bonds is 7. The van der Waals surface area contributed by atoms with Crippen molar-refractivity contribution in [2.45, 2.75) is 32.2 Å². The normalized spacial score (nSPS) is 16.9. The molecule has 3 rings (SSSR count). The Balaban J connectivity index is 1.49. The van der Waals surface area contributed by atoms with Gasteiger partial charge in [-0.1, -0.05) is 12.1 Å². The first-order chi connectivity index (χ1) is 11.7. The molecule has 1 N–H and O–H groups in total. The lowest BCUT2D eigenvalue weighted by molar-refractivity contribution is 0.0186. The van der Waals surface area contributed by atoms with Gasteiger partial charge in [0, 0.05) is 32.0 Å². The molecule has 1 unspecified atom stereocenters. The number of nitrogens with one attached hydrogen (secondary N) is 1. The third-order valence-corrected chi connectivity index (χ3v) is 4.56. The Morgan fingerprint density at radius 1 is 1.25 bits per heavy atom. The van der Waals surface area contributed by atoms with Gasteiger partial charge in [-0.2, -0.15) is 5.10 Å². The summed E-state index contributed by atoms with van der Waals surface area (Å²) in [6.45, 7) is 6.01. The maximum Gasteiger partial charge on any atom is 0.150 e. The predicted molar refractivity (Wildman–Crippen MR) is 92.4 cm³/mol. The van der Waals surface area contributed by atoms with Crippen LogP contribution < -0.4 is 4.74 Å². The zero-order chi connectivity index (χ0) is 16.8. The summed E-state index contributed by atoms with van der Waals surface area (Å²) in [6.07, 6.45) is 2.73. The Morgan fingerprint density at radius 3 is 2.71 bits per heavy atom. The smallest absolute Gasteiger partial charge is 0.150 e. The molecule has 1 fully saturated rings. The van der Waals surface area contributed by atoms with Crippen molar-refractivity contribution in [3.05, 3.63) is 41.5 Å². The monoisotopic (exact) mass is 330 g/mol. The molecule has 1 aromatic heterocycles. The van der Waals surface area contributed by atoms with Gasteiger partial charge in [0.1, 0.15) is 11.6 Å². The standard InChI is InChI=1S/C18H26N4O2/c1-14(22-9-11-24-12-10-22)3-8-17-19-18(21-20-17)13-15-4-6-16(23-2)7-5-15/h4-7,14H,3,8-13H2,1-2H3,(H,19,20,21). The van der Waals surface area contributed by atoms with E-state index >= 15 is 0 Å². The highest BCUT2D eigenvalue weighted by molar-refractivity contribution is 5.28. The van der Waals surface area contributed by atoms with Crippen LogP contribution in [0.15, 0.2) is 24.3 Å². The molecular formula is C18H26N4O2. The highest BCUT2D eigenvalue weighted by Gasteiger charge is 2.17. The average Bonchev–Trinajstić information content (AvgIpc) is 3.08. The largest absolute Gasteiger partial charge is 0.497 e. The highest BCUT2D eigenvalue weighted by Crippen LogP contribution is 2.14. The minimum Gasteiger partial charge on any atom is -0.497 e. The number of methoxy groups -OCH3 is 1. The van der Waals surface area contributed by atoms with Crippen LogP contribution in [-0.4, -0.2) is 59.5 Å². The first kappa shape index (κ1) is 16.9. The minimum absolute atomic E-state index is 0.539. The van der Waals surface area contributed by atoms with E-state index in [4.69, 9.17) is 9.47 Å². The van der Waals surface area contributed by atoms with Crippen LogP contribution in [0.2, 0.25) is 0 Å². The predicted octanol–water partition coefficient (Wildman–Crippen LogP) is 2.06. The fraction of sp³-hybridized carbons (Fsp3) is 0.556. The summed E-state index contributed by atoms with van der Waals surface area (Å²) in [5.74, 6) is 2.68. The number of morpholine rings is 1. The lowest BCUT2D eigenvalue weighted by atomic mass is 10.1. The van der Waals surface area contributed by atoms with Crippen LogP contribution in [-0.2, 0) is 17.6 Å². The molecule has 1 aliphatic heterocycles. The summed E-state index contributed by atoms with van der Waals surface area (Å²) in [5.41, 5.74) is 1.19. The molecule has 2 heterocycles. The number of hydrogen-bond donors (Lipinski definition) is 1. The number of aromatic amines is 1. The summed E-state index contributed by atoms with van der Waals surface area (Å²) in [7, 11) is 1.68. The third kappa shape index (κ3) is 4.55. The fourth-order valence-corrected chi connectivity index (χ4v) is 3.00. The summed E-state index contributed by atoms with van der Waals surface area (Å²) < 4.78 is 10.6. The molecule has 0 spiro atoms. The first-order valence-electron chi connectivity index (χ1n) is 8.59. The number of H-pyrrole nitrogens is 1. The Morgan fingerprint density at radius 2 is 2.00 bits per heavy atom. The van der Waals surface area contributed by atoms with Gasteiger partial charge in [0.25, 0.3) is 0 Å². The van der Waals surface area contributed by atoms with E-state index in [1.807, 2.05) is 12.1 Å². The summed E-state index contributed by atoms with van der Waals surface area (Å²) in [5, 5.41) is 7.42. The topological polar surface area (TPSA) is 63.3 Å². The first-order valence-corrected chi connectivity index (χ1v) is 8.59. The molecule has 1 aromatic carbocycles. The quantitative estimate of drug-likeness (QED) is 0.842. The van der Waals surface area contributed by atoms with Gasteiger partial charge in [-0.05, 0) is 31.0 Å². The van der Waals surface area contributed by atoms with E-state index in [9.17, 15) is 0 Å². The third-order valence-electron chi connectivity index (χ3n) is 4.56. The average molecular weight is 330 g/mol. The van der Waals surface area contributed by atoms with E-state index in [0.29, 0.717) is 6.04 Å². The van der Waals surface area contributed by atoms with Crippen LogP contribution in [0.5, 0.6) is 5.75 Å². The van der Waals surface area contributed by atoms with Gasteiger partial charge in [-0.3, -0.25) is 10.00 Å². The van der Waals surface area contributed by atoms with Gasteiger partial charge >= 0.3 is 0 Å². The number of ether oxygens (including phenoxy) is 2. The SMILES string of the molecule is COc1ccc(Cc2nc(CCC(C)N3CCOCC3)n[nH]2)cc1. The van der Waals surface area contributed by atoms with Crippen LogP contribution >= 0.6 is 0 Å². The molecule has 24 heavy (non-hydrogen) atoms. The molecule has 0 radical (unpaired) electrons. The number of aryl methyl sites for hydroxylation is 1. The molecule has 0 amide bonds. The number of benzene rings is 1. The van der Waals surface area contributed by atoms with Gasteiger partial charge in [0.2, 0.25) is 0 Å². The maximum atomic E-state index is 5.41. The van der Waals surface area contributed by atoms with Crippen molar-refractivity contribution < 1.29 is 9.47 Å². The highest BCUT2D eigenvalue weighted by atomic mass is 16.5. The van der Waals surface area contributed by atoms with Crippen LogP contribution in [0, 0.1) is 0 Å². The fourth-order valence-electron chi connectivity index (χ4n) is 3.00. The zero-order valence-electron chi connectivity index (χ0n) is 14.5.